The Morgan fingerprint density at radius 3 is 2.39 bits per heavy atom. The van der Waals surface area contributed by atoms with Gasteiger partial charge in [-0.15, -0.1) is 0 Å². The highest BCUT2D eigenvalue weighted by Crippen LogP contribution is 2.20. The maximum Gasteiger partial charge on any atom is 0.225 e. The van der Waals surface area contributed by atoms with Crippen molar-refractivity contribution in [3.05, 3.63) is 0 Å². The summed E-state index contributed by atoms with van der Waals surface area (Å²) in [6.07, 6.45) is 2.08. The Bertz CT molecular complexity index is 287. The van der Waals surface area contributed by atoms with E-state index in [2.05, 4.69) is 35.6 Å². The van der Waals surface area contributed by atoms with Crippen LogP contribution in [-0.2, 0) is 4.79 Å². The zero-order valence-corrected chi connectivity index (χ0v) is 12.1. The fourth-order valence-electron chi connectivity index (χ4n) is 3.18. The number of likely N-dealkylation sites (N-methyl/N-ethyl adjacent to an activating group) is 1. The Labute approximate surface area is 111 Å². The maximum absolute atomic E-state index is 12.5. The lowest BCUT2D eigenvalue weighted by molar-refractivity contribution is -0.139. The van der Waals surface area contributed by atoms with Gasteiger partial charge in [-0.25, -0.2) is 0 Å². The van der Waals surface area contributed by atoms with Gasteiger partial charge in [-0.3, -0.25) is 9.69 Å². The number of carbonyl (C=O) groups is 1. The van der Waals surface area contributed by atoms with Gasteiger partial charge in [-0.1, -0.05) is 6.92 Å². The standard InChI is InChI=1S/C14H27N3O/c1-4-16-9-10-17(11-12(16)2)14(18)13-5-7-15(3)8-6-13/h12-13H,4-11H2,1-3H3/t12-/m0/s1. The van der Waals surface area contributed by atoms with Gasteiger partial charge in [-0.2, -0.15) is 0 Å². The summed E-state index contributed by atoms with van der Waals surface area (Å²) in [5.41, 5.74) is 0. The van der Waals surface area contributed by atoms with Crippen LogP contribution in [0.1, 0.15) is 26.7 Å². The Hall–Kier alpha value is -0.610. The molecule has 0 radical (unpaired) electrons. The minimum atomic E-state index is 0.279. The molecule has 0 aromatic heterocycles. The van der Waals surface area contributed by atoms with E-state index in [1.807, 2.05) is 0 Å². The minimum absolute atomic E-state index is 0.279. The summed E-state index contributed by atoms with van der Waals surface area (Å²) in [7, 11) is 2.14. The molecule has 0 aromatic rings. The van der Waals surface area contributed by atoms with E-state index in [0.717, 1.165) is 52.1 Å². The summed E-state index contributed by atoms with van der Waals surface area (Å²) < 4.78 is 0. The summed E-state index contributed by atoms with van der Waals surface area (Å²) in [6, 6.07) is 0.513. The predicted molar refractivity (Wildman–Crippen MR) is 73.5 cm³/mol. The molecule has 0 spiro atoms. The second-order valence-corrected chi connectivity index (χ2v) is 5.84. The average Bonchev–Trinajstić information content (AvgIpc) is 2.38. The molecule has 1 atom stereocenters. The Morgan fingerprint density at radius 1 is 1.17 bits per heavy atom. The number of hydrogen-bond acceptors (Lipinski definition) is 3. The van der Waals surface area contributed by atoms with Crippen molar-refractivity contribution in [3.8, 4) is 0 Å². The maximum atomic E-state index is 12.5. The third-order valence-corrected chi connectivity index (χ3v) is 4.55. The third-order valence-electron chi connectivity index (χ3n) is 4.55. The van der Waals surface area contributed by atoms with Crippen molar-refractivity contribution in [1.29, 1.82) is 0 Å². The van der Waals surface area contributed by atoms with E-state index in [1.165, 1.54) is 0 Å². The molecule has 0 aromatic carbocycles. The quantitative estimate of drug-likeness (QED) is 0.731. The molecule has 2 heterocycles. The van der Waals surface area contributed by atoms with E-state index in [0.29, 0.717) is 11.9 Å². The van der Waals surface area contributed by atoms with Crippen molar-refractivity contribution in [1.82, 2.24) is 14.7 Å². The van der Waals surface area contributed by atoms with Crippen molar-refractivity contribution < 1.29 is 4.79 Å². The van der Waals surface area contributed by atoms with Gasteiger partial charge in [0.2, 0.25) is 5.91 Å². The van der Waals surface area contributed by atoms with Crippen LogP contribution in [0.2, 0.25) is 0 Å². The molecule has 0 aliphatic carbocycles. The predicted octanol–water partition coefficient (Wildman–Crippen LogP) is 0.881. The number of nitrogens with zero attached hydrogens (tertiary/aromatic N) is 3. The number of piperazine rings is 1. The van der Waals surface area contributed by atoms with Gasteiger partial charge >= 0.3 is 0 Å². The highest BCUT2D eigenvalue weighted by atomic mass is 16.2. The van der Waals surface area contributed by atoms with E-state index in [1.54, 1.807) is 0 Å². The van der Waals surface area contributed by atoms with E-state index in [-0.39, 0.29) is 5.92 Å². The Balaban J connectivity index is 1.86. The van der Waals surface area contributed by atoms with E-state index < -0.39 is 0 Å². The monoisotopic (exact) mass is 253 g/mol. The molecule has 0 bridgehead atoms. The van der Waals surface area contributed by atoms with Crippen LogP contribution in [0.3, 0.4) is 0 Å². The SMILES string of the molecule is CCN1CCN(C(=O)C2CCN(C)CC2)C[C@@H]1C. The minimum Gasteiger partial charge on any atom is -0.340 e. The normalized spacial score (nSPS) is 28.6. The molecule has 18 heavy (non-hydrogen) atoms. The molecule has 4 nitrogen and oxygen atoms in total. The lowest BCUT2D eigenvalue weighted by Gasteiger charge is -2.41. The fourth-order valence-corrected chi connectivity index (χ4v) is 3.18. The number of hydrogen-bond donors (Lipinski definition) is 0. The largest absolute Gasteiger partial charge is 0.340 e. The van der Waals surface area contributed by atoms with Gasteiger partial charge in [0.25, 0.3) is 0 Å². The van der Waals surface area contributed by atoms with E-state index in [4.69, 9.17) is 0 Å². The number of rotatable bonds is 2. The summed E-state index contributed by atoms with van der Waals surface area (Å²) >= 11 is 0. The molecule has 2 aliphatic rings. The van der Waals surface area contributed by atoms with Crippen LogP contribution in [-0.4, -0.2) is 73.0 Å². The first-order valence-electron chi connectivity index (χ1n) is 7.33. The smallest absolute Gasteiger partial charge is 0.225 e. The molecule has 0 N–H and O–H groups in total. The lowest BCUT2D eigenvalue weighted by atomic mass is 9.95. The highest BCUT2D eigenvalue weighted by molar-refractivity contribution is 5.79. The molecule has 2 saturated heterocycles. The first-order valence-corrected chi connectivity index (χ1v) is 7.33. The number of piperidine rings is 1. The van der Waals surface area contributed by atoms with Crippen molar-refractivity contribution in [3.63, 3.8) is 0 Å². The van der Waals surface area contributed by atoms with E-state index >= 15 is 0 Å². The van der Waals surface area contributed by atoms with Gasteiger partial charge in [0.05, 0.1) is 0 Å². The molecular weight excluding hydrogens is 226 g/mol. The second kappa shape index (κ2) is 6.02. The summed E-state index contributed by atoms with van der Waals surface area (Å²) in [5, 5.41) is 0. The highest BCUT2D eigenvalue weighted by Gasteiger charge is 2.31. The molecule has 4 heteroatoms. The van der Waals surface area contributed by atoms with Crippen LogP contribution in [0.4, 0.5) is 0 Å². The summed E-state index contributed by atoms with van der Waals surface area (Å²) in [5.74, 6) is 0.687. The van der Waals surface area contributed by atoms with Gasteiger partial charge in [0, 0.05) is 31.6 Å². The number of carbonyl (C=O) groups excluding carboxylic acids is 1. The molecule has 0 unspecified atom stereocenters. The van der Waals surface area contributed by atoms with E-state index in [9.17, 15) is 4.79 Å². The second-order valence-electron chi connectivity index (χ2n) is 5.84. The Morgan fingerprint density at radius 2 is 1.83 bits per heavy atom. The number of likely N-dealkylation sites (tertiary alicyclic amines) is 1. The molecule has 104 valence electrons. The summed E-state index contributed by atoms with van der Waals surface area (Å²) in [6.45, 7) is 10.5. The van der Waals surface area contributed by atoms with Gasteiger partial charge < -0.3 is 9.80 Å². The van der Waals surface area contributed by atoms with Crippen LogP contribution in [0.5, 0.6) is 0 Å². The van der Waals surface area contributed by atoms with Crippen LogP contribution >= 0.6 is 0 Å². The lowest BCUT2D eigenvalue weighted by Crippen LogP contribution is -2.55. The average molecular weight is 253 g/mol. The summed E-state index contributed by atoms with van der Waals surface area (Å²) in [4.78, 5) is 19.4. The van der Waals surface area contributed by atoms with Crippen LogP contribution < -0.4 is 0 Å². The zero-order chi connectivity index (χ0) is 13.1. The third kappa shape index (κ3) is 3.04. The Kier molecular flexibility index (Phi) is 4.62. The molecule has 1 amide bonds. The van der Waals surface area contributed by atoms with Crippen LogP contribution in [0.15, 0.2) is 0 Å². The molecule has 2 rings (SSSR count). The van der Waals surface area contributed by atoms with Crippen molar-refractivity contribution in [2.75, 3.05) is 46.3 Å². The van der Waals surface area contributed by atoms with Crippen LogP contribution in [0, 0.1) is 5.92 Å². The molecular formula is C14H27N3O. The first kappa shape index (κ1) is 13.8. The zero-order valence-electron chi connectivity index (χ0n) is 12.1. The van der Waals surface area contributed by atoms with Crippen molar-refractivity contribution in [2.24, 2.45) is 5.92 Å². The molecule has 0 saturated carbocycles. The molecule has 2 aliphatic heterocycles. The fraction of sp³-hybridized carbons (Fsp3) is 0.929. The number of amides is 1. The van der Waals surface area contributed by atoms with Crippen LogP contribution in [0.25, 0.3) is 0 Å². The molecule has 2 fully saturated rings. The topological polar surface area (TPSA) is 26.8 Å². The first-order chi connectivity index (χ1) is 8.61. The van der Waals surface area contributed by atoms with Crippen molar-refractivity contribution in [2.45, 2.75) is 32.7 Å². The van der Waals surface area contributed by atoms with Gasteiger partial charge in [0.1, 0.15) is 0 Å². The van der Waals surface area contributed by atoms with Crippen molar-refractivity contribution >= 4 is 5.91 Å². The van der Waals surface area contributed by atoms with Gasteiger partial charge in [0.15, 0.2) is 0 Å². The van der Waals surface area contributed by atoms with Gasteiger partial charge in [-0.05, 0) is 46.4 Å².